The van der Waals surface area contributed by atoms with Crippen molar-refractivity contribution < 1.29 is 9.59 Å². The van der Waals surface area contributed by atoms with Crippen LogP contribution in [0.5, 0.6) is 0 Å². The van der Waals surface area contributed by atoms with Crippen LogP contribution < -0.4 is 0 Å². The van der Waals surface area contributed by atoms with Crippen LogP contribution in [0.1, 0.15) is 38.2 Å². The lowest BCUT2D eigenvalue weighted by molar-refractivity contribution is -0.141. The van der Waals surface area contributed by atoms with Gasteiger partial charge in [-0.1, -0.05) is 36.9 Å². The minimum Gasteiger partial charge on any atom is -0.342 e. The van der Waals surface area contributed by atoms with E-state index in [0.29, 0.717) is 30.7 Å². The molecule has 0 spiro atoms. The number of aromatic nitrogens is 3. The zero-order chi connectivity index (χ0) is 22.9. The summed E-state index contributed by atoms with van der Waals surface area (Å²) < 4.78 is 2.03. The van der Waals surface area contributed by atoms with Crippen molar-refractivity contribution in [1.29, 1.82) is 0 Å². The Labute approximate surface area is 198 Å². The molecule has 0 radical (unpaired) electrons. The van der Waals surface area contributed by atoms with Crippen molar-refractivity contribution in [3.8, 4) is 0 Å². The van der Waals surface area contributed by atoms with Crippen molar-refractivity contribution in [3.63, 3.8) is 0 Å². The Kier molecular flexibility index (Phi) is 6.27. The van der Waals surface area contributed by atoms with E-state index in [4.69, 9.17) is 0 Å². The summed E-state index contributed by atoms with van der Waals surface area (Å²) in [5.41, 5.74) is 3.01. The maximum Gasteiger partial charge on any atom is 0.233 e. The zero-order valence-corrected chi connectivity index (χ0v) is 20.2. The Morgan fingerprint density at radius 2 is 1.85 bits per heavy atom. The Balaban J connectivity index is 1.20. The van der Waals surface area contributed by atoms with E-state index >= 15 is 0 Å². The van der Waals surface area contributed by atoms with Crippen molar-refractivity contribution in [2.24, 2.45) is 11.8 Å². The summed E-state index contributed by atoms with van der Waals surface area (Å²) in [6.07, 6.45) is 3.84. The molecule has 0 aliphatic carbocycles. The number of thioether (sulfide) groups is 1. The van der Waals surface area contributed by atoms with Gasteiger partial charge in [0.25, 0.3) is 0 Å². The molecule has 2 fully saturated rings. The molecular formula is C25H31N5O2S. The molecule has 0 bridgehead atoms. The molecule has 1 aromatic carbocycles. The first-order chi connectivity index (χ1) is 16.0. The highest BCUT2D eigenvalue weighted by atomic mass is 32.2. The summed E-state index contributed by atoms with van der Waals surface area (Å²) in [7, 11) is 0. The third-order valence-corrected chi connectivity index (χ3v) is 7.98. The highest BCUT2D eigenvalue weighted by molar-refractivity contribution is 7.99. The van der Waals surface area contributed by atoms with Gasteiger partial charge in [0.1, 0.15) is 0 Å². The predicted octanol–water partition coefficient (Wildman–Crippen LogP) is 3.78. The van der Waals surface area contributed by atoms with Crippen molar-refractivity contribution >= 4 is 40.1 Å². The van der Waals surface area contributed by atoms with E-state index in [0.717, 1.165) is 59.6 Å². The van der Waals surface area contributed by atoms with Gasteiger partial charge < -0.3 is 9.80 Å². The lowest BCUT2D eigenvalue weighted by Crippen LogP contribution is -2.47. The Hall–Kier alpha value is -2.61. The predicted molar refractivity (Wildman–Crippen MR) is 130 cm³/mol. The maximum absolute atomic E-state index is 12.9. The van der Waals surface area contributed by atoms with Gasteiger partial charge >= 0.3 is 0 Å². The molecular weight excluding hydrogens is 434 g/mol. The standard InChI is InChI=1S/C25H31N5O2S/c1-17-6-5-11-29(15-17)24(32)19-9-12-28(13-10-19)23(31)16-33-25-27-26-22-14-18(2)20-7-3-4-8-21(20)30(22)25/h3-4,7-8,14,17,19H,5-6,9-13,15-16H2,1-2H3. The lowest BCUT2D eigenvalue weighted by atomic mass is 9.93. The third kappa shape index (κ3) is 4.45. The van der Waals surface area contributed by atoms with Gasteiger partial charge in [-0.3, -0.25) is 14.0 Å². The molecule has 8 heteroatoms. The number of amides is 2. The van der Waals surface area contributed by atoms with E-state index < -0.39 is 0 Å². The highest BCUT2D eigenvalue weighted by Gasteiger charge is 2.31. The largest absolute Gasteiger partial charge is 0.342 e. The van der Waals surface area contributed by atoms with Crippen LogP contribution in [-0.4, -0.2) is 68.1 Å². The van der Waals surface area contributed by atoms with Gasteiger partial charge in [-0.05, 0) is 56.2 Å². The first-order valence-corrected chi connectivity index (χ1v) is 12.9. The maximum atomic E-state index is 12.9. The number of benzene rings is 1. The number of carbonyl (C=O) groups excluding carboxylic acids is 2. The molecule has 0 N–H and O–H groups in total. The Morgan fingerprint density at radius 3 is 2.64 bits per heavy atom. The quantitative estimate of drug-likeness (QED) is 0.549. The normalized spacial score (nSPS) is 20.0. The molecule has 7 nitrogen and oxygen atoms in total. The van der Waals surface area contributed by atoms with E-state index in [-0.39, 0.29) is 11.8 Å². The minimum atomic E-state index is 0.0575. The smallest absolute Gasteiger partial charge is 0.233 e. The molecule has 5 rings (SSSR count). The number of carbonyl (C=O) groups is 2. The number of likely N-dealkylation sites (tertiary alicyclic amines) is 2. The van der Waals surface area contributed by atoms with Crippen LogP contribution in [0.3, 0.4) is 0 Å². The summed E-state index contributed by atoms with van der Waals surface area (Å²) in [5, 5.41) is 10.6. The van der Waals surface area contributed by atoms with Crippen LogP contribution >= 0.6 is 11.8 Å². The van der Waals surface area contributed by atoms with Crippen molar-refractivity contribution in [3.05, 3.63) is 35.9 Å². The van der Waals surface area contributed by atoms with Crippen molar-refractivity contribution in [1.82, 2.24) is 24.4 Å². The molecule has 174 valence electrons. The molecule has 1 atom stereocenters. The van der Waals surface area contributed by atoms with Gasteiger partial charge in [0, 0.05) is 37.5 Å². The number of pyridine rings is 1. The summed E-state index contributed by atoms with van der Waals surface area (Å²) in [5.74, 6) is 1.37. The number of aryl methyl sites for hydroxylation is 1. The number of piperidine rings is 2. The van der Waals surface area contributed by atoms with Crippen LogP contribution in [0.25, 0.3) is 16.6 Å². The second-order valence-corrected chi connectivity index (χ2v) is 10.4. The number of para-hydroxylation sites is 1. The van der Waals surface area contributed by atoms with Gasteiger partial charge in [0.05, 0.1) is 11.3 Å². The monoisotopic (exact) mass is 465 g/mol. The number of hydrogen-bond donors (Lipinski definition) is 0. The first-order valence-electron chi connectivity index (χ1n) is 11.9. The fourth-order valence-electron chi connectivity index (χ4n) is 5.21. The summed E-state index contributed by atoms with van der Waals surface area (Å²) in [6, 6.07) is 10.2. The SMILES string of the molecule is Cc1cc2nnc(SCC(=O)N3CCC(C(=O)N4CCCC(C)C4)CC3)n2c2ccccc12. The molecule has 2 aliphatic rings. The number of hydrogen-bond acceptors (Lipinski definition) is 5. The fraction of sp³-hybridized carbons (Fsp3) is 0.520. The average Bonchev–Trinajstić information content (AvgIpc) is 3.25. The van der Waals surface area contributed by atoms with E-state index in [1.54, 1.807) is 0 Å². The molecule has 33 heavy (non-hydrogen) atoms. The average molecular weight is 466 g/mol. The highest BCUT2D eigenvalue weighted by Crippen LogP contribution is 2.27. The van der Waals surface area contributed by atoms with E-state index in [1.165, 1.54) is 18.2 Å². The topological polar surface area (TPSA) is 70.8 Å². The molecule has 1 unspecified atom stereocenters. The number of fused-ring (bicyclic) bond motifs is 3. The molecule has 2 saturated heterocycles. The van der Waals surface area contributed by atoms with Crippen molar-refractivity contribution in [2.75, 3.05) is 31.9 Å². The molecule has 2 aromatic heterocycles. The number of rotatable bonds is 4. The van der Waals surface area contributed by atoms with Crippen molar-refractivity contribution in [2.45, 2.75) is 44.7 Å². The molecule has 4 heterocycles. The molecule has 2 amide bonds. The number of nitrogens with zero attached hydrogens (tertiary/aromatic N) is 5. The van der Waals surface area contributed by atoms with Crippen LogP contribution in [0.15, 0.2) is 35.5 Å². The Morgan fingerprint density at radius 1 is 1.06 bits per heavy atom. The van der Waals surface area contributed by atoms with Crippen LogP contribution in [0.4, 0.5) is 0 Å². The van der Waals surface area contributed by atoms with Crippen LogP contribution in [0.2, 0.25) is 0 Å². The van der Waals surface area contributed by atoms with Gasteiger partial charge in [0.15, 0.2) is 10.8 Å². The van der Waals surface area contributed by atoms with E-state index in [1.807, 2.05) is 27.5 Å². The second kappa shape index (κ2) is 9.33. The fourth-order valence-corrected chi connectivity index (χ4v) is 6.06. The molecule has 2 aliphatic heterocycles. The van der Waals surface area contributed by atoms with Crippen LogP contribution in [-0.2, 0) is 9.59 Å². The van der Waals surface area contributed by atoms with E-state index in [9.17, 15) is 9.59 Å². The Bertz CT molecular complexity index is 1180. The van der Waals surface area contributed by atoms with Gasteiger partial charge in [0.2, 0.25) is 11.8 Å². The van der Waals surface area contributed by atoms with Gasteiger partial charge in [-0.15, -0.1) is 10.2 Å². The molecule has 3 aromatic rings. The third-order valence-electron chi connectivity index (χ3n) is 7.06. The lowest BCUT2D eigenvalue weighted by Gasteiger charge is -2.37. The summed E-state index contributed by atoms with van der Waals surface area (Å²) in [4.78, 5) is 29.8. The van der Waals surface area contributed by atoms with E-state index in [2.05, 4.69) is 41.1 Å². The van der Waals surface area contributed by atoms with Gasteiger partial charge in [-0.25, -0.2) is 0 Å². The molecule has 0 saturated carbocycles. The summed E-state index contributed by atoms with van der Waals surface area (Å²) >= 11 is 1.43. The zero-order valence-electron chi connectivity index (χ0n) is 19.4. The summed E-state index contributed by atoms with van der Waals surface area (Å²) in [6.45, 7) is 7.38. The first kappa shape index (κ1) is 22.2. The van der Waals surface area contributed by atoms with Gasteiger partial charge in [-0.2, -0.15) is 0 Å². The van der Waals surface area contributed by atoms with Crippen LogP contribution in [0, 0.1) is 18.8 Å². The second-order valence-electron chi connectivity index (χ2n) is 9.50. The minimum absolute atomic E-state index is 0.0575.